The molecule has 0 bridgehead atoms. The Balaban J connectivity index is 2.25. The standard InChI is InChI=1S/C22H22Cl2N2O3/c1-4-14(2)26-22(27)17(12-25)9-16-10-19(24)21(20(11-16)28-3)29-13-15-5-7-18(23)8-6-15/h5-11,14H,4,13H2,1-3H3,(H,26,27)/b17-9+/t14-/m0/s1. The van der Waals surface area contributed by atoms with Gasteiger partial charge in [0.25, 0.3) is 5.91 Å². The molecule has 1 N–H and O–H groups in total. The third-order valence-corrected chi connectivity index (χ3v) is 4.75. The molecule has 0 spiro atoms. The van der Waals surface area contributed by atoms with E-state index in [0.717, 1.165) is 12.0 Å². The van der Waals surface area contributed by atoms with Crippen LogP contribution in [0.5, 0.6) is 11.5 Å². The van der Waals surface area contributed by atoms with Gasteiger partial charge in [-0.05, 0) is 54.8 Å². The fraction of sp³-hybridized carbons (Fsp3) is 0.273. The van der Waals surface area contributed by atoms with Crippen molar-refractivity contribution in [3.05, 3.63) is 63.1 Å². The zero-order valence-electron chi connectivity index (χ0n) is 16.5. The van der Waals surface area contributed by atoms with Gasteiger partial charge in [0.1, 0.15) is 18.2 Å². The summed E-state index contributed by atoms with van der Waals surface area (Å²) in [6.45, 7) is 4.11. The van der Waals surface area contributed by atoms with Crippen molar-refractivity contribution in [2.45, 2.75) is 32.9 Å². The van der Waals surface area contributed by atoms with Crippen molar-refractivity contribution >= 4 is 35.2 Å². The summed E-state index contributed by atoms with van der Waals surface area (Å²) in [5, 5.41) is 13.1. The van der Waals surface area contributed by atoms with E-state index in [1.54, 1.807) is 24.3 Å². The molecule has 1 atom stereocenters. The molecule has 0 aliphatic heterocycles. The summed E-state index contributed by atoms with van der Waals surface area (Å²) in [7, 11) is 1.50. The van der Waals surface area contributed by atoms with E-state index in [1.165, 1.54) is 13.2 Å². The Morgan fingerprint density at radius 1 is 1.28 bits per heavy atom. The number of ether oxygens (including phenoxy) is 2. The number of nitrogens with zero attached hydrogens (tertiary/aromatic N) is 1. The quantitative estimate of drug-likeness (QED) is 0.447. The maximum absolute atomic E-state index is 12.2. The predicted octanol–water partition coefficient (Wildman–Crippen LogP) is 5.40. The first-order valence-corrected chi connectivity index (χ1v) is 9.81. The van der Waals surface area contributed by atoms with Crippen LogP contribution in [0.15, 0.2) is 42.0 Å². The fourth-order valence-corrected chi connectivity index (χ4v) is 2.82. The minimum absolute atomic E-state index is 0.0155. The first-order valence-electron chi connectivity index (χ1n) is 9.05. The van der Waals surface area contributed by atoms with Gasteiger partial charge in [-0.3, -0.25) is 4.79 Å². The molecular formula is C22H22Cl2N2O3. The molecule has 7 heteroatoms. The molecule has 0 aromatic heterocycles. The molecule has 0 fully saturated rings. The van der Waals surface area contributed by atoms with Gasteiger partial charge in [0, 0.05) is 11.1 Å². The molecule has 2 rings (SSSR count). The van der Waals surface area contributed by atoms with E-state index in [2.05, 4.69) is 5.32 Å². The molecule has 0 unspecified atom stereocenters. The van der Waals surface area contributed by atoms with Crippen LogP contribution in [-0.2, 0) is 11.4 Å². The molecular weight excluding hydrogens is 411 g/mol. The van der Waals surface area contributed by atoms with Gasteiger partial charge in [-0.2, -0.15) is 5.26 Å². The lowest BCUT2D eigenvalue weighted by Gasteiger charge is -2.14. The summed E-state index contributed by atoms with van der Waals surface area (Å²) < 4.78 is 11.2. The lowest BCUT2D eigenvalue weighted by atomic mass is 10.1. The van der Waals surface area contributed by atoms with Crippen molar-refractivity contribution in [2.75, 3.05) is 7.11 Å². The Bertz CT molecular complexity index is 934. The van der Waals surface area contributed by atoms with Gasteiger partial charge in [-0.15, -0.1) is 0 Å². The van der Waals surface area contributed by atoms with Gasteiger partial charge in [0.2, 0.25) is 0 Å². The Morgan fingerprint density at radius 2 is 1.97 bits per heavy atom. The second-order valence-corrected chi connectivity index (χ2v) is 7.25. The van der Waals surface area contributed by atoms with Crippen LogP contribution in [-0.4, -0.2) is 19.1 Å². The molecule has 0 saturated heterocycles. The summed E-state index contributed by atoms with van der Waals surface area (Å²) in [4.78, 5) is 12.2. The molecule has 0 radical (unpaired) electrons. The number of benzene rings is 2. The molecule has 2 aromatic rings. The van der Waals surface area contributed by atoms with Gasteiger partial charge >= 0.3 is 0 Å². The molecule has 2 aromatic carbocycles. The highest BCUT2D eigenvalue weighted by Gasteiger charge is 2.15. The summed E-state index contributed by atoms with van der Waals surface area (Å²) in [5.41, 5.74) is 1.46. The van der Waals surface area contributed by atoms with E-state index in [1.807, 2.05) is 32.0 Å². The summed E-state index contributed by atoms with van der Waals surface area (Å²) in [6.07, 6.45) is 2.23. The van der Waals surface area contributed by atoms with Crippen LogP contribution in [0, 0.1) is 11.3 Å². The first kappa shape index (κ1) is 22.6. The van der Waals surface area contributed by atoms with Crippen LogP contribution in [0.2, 0.25) is 10.0 Å². The highest BCUT2D eigenvalue weighted by molar-refractivity contribution is 6.32. The van der Waals surface area contributed by atoms with Crippen molar-refractivity contribution in [1.29, 1.82) is 5.26 Å². The lowest BCUT2D eigenvalue weighted by Crippen LogP contribution is -2.32. The smallest absolute Gasteiger partial charge is 0.262 e. The Hall–Kier alpha value is -2.68. The average Bonchev–Trinajstić information content (AvgIpc) is 2.71. The monoisotopic (exact) mass is 432 g/mol. The van der Waals surface area contributed by atoms with Crippen molar-refractivity contribution in [3.63, 3.8) is 0 Å². The first-order chi connectivity index (χ1) is 13.9. The second kappa shape index (κ2) is 10.8. The van der Waals surface area contributed by atoms with Crippen molar-refractivity contribution in [1.82, 2.24) is 5.32 Å². The van der Waals surface area contributed by atoms with Crippen LogP contribution < -0.4 is 14.8 Å². The molecule has 0 saturated carbocycles. The zero-order valence-corrected chi connectivity index (χ0v) is 18.0. The van der Waals surface area contributed by atoms with Crippen molar-refractivity contribution in [3.8, 4) is 17.6 Å². The highest BCUT2D eigenvalue weighted by Crippen LogP contribution is 2.37. The maximum Gasteiger partial charge on any atom is 0.262 e. The largest absolute Gasteiger partial charge is 0.493 e. The highest BCUT2D eigenvalue weighted by atomic mass is 35.5. The van der Waals surface area contributed by atoms with Gasteiger partial charge in [-0.1, -0.05) is 42.3 Å². The predicted molar refractivity (Wildman–Crippen MR) is 115 cm³/mol. The molecule has 1 amide bonds. The van der Waals surface area contributed by atoms with E-state index in [0.29, 0.717) is 27.1 Å². The number of hydrogen-bond donors (Lipinski definition) is 1. The maximum atomic E-state index is 12.2. The number of carbonyl (C=O) groups excluding carboxylic acids is 1. The lowest BCUT2D eigenvalue weighted by molar-refractivity contribution is -0.117. The number of methoxy groups -OCH3 is 1. The van der Waals surface area contributed by atoms with Crippen LogP contribution in [0.25, 0.3) is 6.08 Å². The number of rotatable bonds is 8. The van der Waals surface area contributed by atoms with E-state index in [9.17, 15) is 10.1 Å². The summed E-state index contributed by atoms with van der Waals surface area (Å²) in [6, 6.07) is 12.5. The fourth-order valence-electron chi connectivity index (χ4n) is 2.42. The normalized spacial score (nSPS) is 12.1. The number of halogens is 2. The Labute approximate surface area is 180 Å². The third kappa shape index (κ3) is 6.42. The molecule has 0 heterocycles. The number of nitriles is 1. The number of nitrogens with one attached hydrogen (secondary N) is 1. The van der Waals surface area contributed by atoms with E-state index >= 15 is 0 Å². The average molecular weight is 433 g/mol. The number of hydrogen-bond acceptors (Lipinski definition) is 4. The molecule has 0 aliphatic carbocycles. The van der Waals surface area contributed by atoms with E-state index in [4.69, 9.17) is 32.7 Å². The summed E-state index contributed by atoms with van der Waals surface area (Å²) >= 11 is 12.3. The number of carbonyl (C=O) groups is 1. The topological polar surface area (TPSA) is 71.4 Å². The third-order valence-electron chi connectivity index (χ3n) is 4.21. The van der Waals surface area contributed by atoms with Crippen molar-refractivity contribution < 1.29 is 14.3 Å². The van der Waals surface area contributed by atoms with Crippen LogP contribution in [0.3, 0.4) is 0 Å². The van der Waals surface area contributed by atoms with Crippen LogP contribution in [0.4, 0.5) is 0 Å². The van der Waals surface area contributed by atoms with Gasteiger partial charge < -0.3 is 14.8 Å². The molecule has 0 aliphatic rings. The minimum atomic E-state index is -0.431. The van der Waals surface area contributed by atoms with Crippen LogP contribution >= 0.6 is 23.2 Å². The van der Waals surface area contributed by atoms with Gasteiger partial charge in [0.05, 0.1) is 12.1 Å². The second-order valence-electron chi connectivity index (χ2n) is 6.40. The zero-order chi connectivity index (χ0) is 21.4. The molecule has 152 valence electrons. The number of amides is 1. The Morgan fingerprint density at radius 3 is 2.55 bits per heavy atom. The SMILES string of the molecule is CC[C@H](C)NC(=O)/C(C#N)=C/c1cc(Cl)c(OCc2ccc(Cl)cc2)c(OC)c1. The van der Waals surface area contributed by atoms with Gasteiger partial charge in [0.15, 0.2) is 11.5 Å². The van der Waals surface area contributed by atoms with E-state index in [-0.39, 0.29) is 18.2 Å². The minimum Gasteiger partial charge on any atom is -0.493 e. The van der Waals surface area contributed by atoms with Gasteiger partial charge in [-0.25, -0.2) is 0 Å². The summed E-state index contributed by atoms with van der Waals surface area (Å²) in [5.74, 6) is 0.348. The molecule has 5 nitrogen and oxygen atoms in total. The van der Waals surface area contributed by atoms with Crippen LogP contribution in [0.1, 0.15) is 31.4 Å². The Kier molecular flexibility index (Phi) is 8.38. The van der Waals surface area contributed by atoms with E-state index < -0.39 is 5.91 Å². The van der Waals surface area contributed by atoms with Crippen molar-refractivity contribution in [2.24, 2.45) is 0 Å². The molecule has 29 heavy (non-hydrogen) atoms.